The van der Waals surface area contributed by atoms with Crippen molar-refractivity contribution in [3.8, 4) is 17.0 Å². The maximum atomic E-state index is 5.62. The first kappa shape index (κ1) is 14.7. The Morgan fingerprint density at radius 1 is 1.45 bits per heavy atom. The molecule has 4 nitrogen and oxygen atoms in total. The Bertz CT molecular complexity index is 803. The van der Waals surface area contributed by atoms with Crippen LogP contribution in [0.5, 0.6) is 5.75 Å². The van der Waals surface area contributed by atoms with E-state index in [0.717, 1.165) is 38.7 Å². The second-order valence-corrected chi connectivity index (χ2v) is 5.83. The van der Waals surface area contributed by atoms with E-state index in [1.807, 2.05) is 19.1 Å². The number of nitrogens with one attached hydrogen (secondary N) is 2. The Balaban J connectivity index is 2.04. The lowest BCUT2D eigenvalue weighted by atomic mass is 10.1. The third-order valence-corrected chi connectivity index (χ3v) is 4.23. The molecule has 0 aliphatic carbocycles. The highest BCUT2D eigenvalue weighted by Gasteiger charge is 2.14. The average Bonchev–Trinajstić information content (AvgIpc) is 3.08. The van der Waals surface area contributed by atoms with Crippen LogP contribution in [-0.2, 0) is 0 Å². The topological polar surface area (TPSA) is 49.9 Å². The lowest BCUT2D eigenvalue weighted by Gasteiger charge is -2.03. The molecule has 5 heteroatoms. The van der Waals surface area contributed by atoms with E-state index in [2.05, 4.69) is 46.3 Å². The summed E-state index contributed by atoms with van der Waals surface area (Å²) in [7, 11) is 0. The van der Waals surface area contributed by atoms with Gasteiger partial charge in [0.2, 0.25) is 0 Å². The van der Waals surface area contributed by atoms with Crippen LogP contribution in [-0.4, -0.2) is 23.1 Å². The number of aromatic nitrogens is 2. The Morgan fingerprint density at radius 3 is 3.09 bits per heavy atom. The van der Waals surface area contributed by atoms with Crippen LogP contribution in [0, 0.1) is 6.92 Å². The molecule has 2 aromatic heterocycles. The summed E-state index contributed by atoms with van der Waals surface area (Å²) in [5.74, 6) is 0.885. The third kappa shape index (κ3) is 2.72. The number of aryl methyl sites for hydroxylation is 1. The quantitative estimate of drug-likeness (QED) is 0.654. The van der Waals surface area contributed by atoms with Crippen molar-refractivity contribution in [2.24, 2.45) is 0 Å². The number of fused-ring (bicyclic) bond motifs is 1. The minimum absolute atomic E-state index is 0.663. The van der Waals surface area contributed by atoms with Crippen molar-refractivity contribution in [2.45, 2.75) is 13.8 Å². The van der Waals surface area contributed by atoms with Gasteiger partial charge in [-0.05, 0) is 32.0 Å². The average molecular weight is 313 g/mol. The summed E-state index contributed by atoms with van der Waals surface area (Å²) in [4.78, 5) is 8.10. The van der Waals surface area contributed by atoms with Gasteiger partial charge in [0.1, 0.15) is 5.75 Å². The molecule has 0 fully saturated rings. The van der Waals surface area contributed by atoms with Crippen molar-refractivity contribution in [1.29, 1.82) is 0 Å². The zero-order valence-electron chi connectivity index (χ0n) is 12.8. The fraction of sp³-hybridized carbons (Fsp3) is 0.235. The molecule has 0 spiro atoms. The van der Waals surface area contributed by atoms with Gasteiger partial charge in [-0.25, -0.2) is 4.98 Å². The normalized spacial score (nSPS) is 10.8. The molecule has 0 saturated heterocycles. The molecule has 0 radical (unpaired) electrons. The molecule has 2 heterocycles. The summed E-state index contributed by atoms with van der Waals surface area (Å²) in [6, 6.07) is 6.12. The molecule has 114 valence electrons. The highest BCUT2D eigenvalue weighted by atomic mass is 32.1. The number of ether oxygens (including phenoxy) is 1. The summed E-state index contributed by atoms with van der Waals surface area (Å²) in [5.41, 5.74) is 4.34. The Morgan fingerprint density at radius 2 is 2.32 bits per heavy atom. The predicted molar refractivity (Wildman–Crippen MR) is 94.0 cm³/mol. The van der Waals surface area contributed by atoms with Crippen molar-refractivity contribution in [3.63, 3.8) is 0 Å². The van der Waals surface area contributed by atoms with E-state index in [4.69, 9.17) is 4.74 Å². The van der Waals surface area contributed by atoms with Crippen LogP contribution >= 0.6 is 11.3 Å². The predicted octanol–water partition coefficient (Wildman–Crippen LogP) is 4.60. The zero-order valence-corrected chi connectivity index (χ0v) is 13.6. The van der Waals surface area contributed by atoms with Crippen molar-refractivity contribution < 1.29 is 4.74 Å². The first-order valence-electron chi connectivity index (χ1n) is 7.28. The van der Waals surface area contributed by atoms with Crippen LogP contribution in [0.2, 0.25) is 0 Å². The maximum Gasteiger partial charge on any atom is 0.183 e. The smallest absolute Gasteiger partial charge is 0.183 e. The van der Waals surface area contributed by atoms with Crippen LogP contribution in [0.25, 0.3) is 22.2 Å². The van der Waals surface area contributed by atoms with Crippen molar-refractivity contribution >= 4 is 27.4 Å². The SMILES string of the molecule is C=CCNc1nc(-c2c(C)[nH]c3ccc(OCC)cc23)cs1. The molecular weight excluding hydrogens is 294 g/mol. The maximum absolute atomic E-state index is 5.62. The molecule has 2 N–H and O–H groups in total. The van der Waals surface area contributed by atoms with E-state index < -0.39 is 0 Å². The van der Waals surface area contributed by atoms with Gasteiger partial charge in [0, 0.05) is 34.1 Å². The van der Waals surface area contributed by atoms with E-state index in [0.29, 0.717) is 13.2 Å². The van der Waals surface area contributed by atoms with Gasteiger partial charge < -0.3 is 15.0 Å². The summed E-state index contributed by atoms with van der Waals surface area (Å²) in [6.07, 6.45) is 1.83. The Labute approximate surface area is 133 Å². The largest absolute Gasteiger partial charge is 0.494 e. The highest BCUT2D eigenvalue weighted by molar-refractivity contribution is 7.14. The number of rotatable bonds is 6. The highest BCUT2D eigenvalue weighted by Crippen LogP contribution is 2.35. The molecule has 0 saturated carbocycles. The molecular formula is C17H19N3OS. The fourth-order valence-corrected chi connectivity index (χ4v) is 3.23. The molecule has 3 rings (SSSR count). The van der Waals surface area contributed by atoms with E-state index in [1.165, 1.54) is 0 Å². The number of benzene rings is 1. The van der Waals surface area contributed by atoms with E-state index in [9.17, 15) is 0 Å². The van der Waals surface area contributed by atoms with E-state index >= 15 is 0 Å². The third-order valence-electron chi connectivity index (χ3n) is 3.43. The van der Waals surface area contributed by atoms with Gasteiger partial charge in [-0.2, -0.15) is 0 Å². The van der Waals surface area contributed by atoms with Gasteiger partial charge in [0.05, 0.1) is 12.3 Å². The molecule has 1 aromatic carbocycles. The van der Waals surface area contributed by atoms with Crippen LogP contribution in [0.3, 0.4) is 0 Å². The summed E-state index contributed by atoms with van der Waals surface area (Å²) < 4.78 is 5.62. The molecule has 0 atom stereocenters. The summed E-state index contributed by atoms with van der Waals surface area (Å²) >= 11 is 1.60. The van der Waals surface area contributed by atoms with Crippen LogP contribution in [0.4, 0.5) is 5.13 Å². The lowest BCUT2D eigenvalue weighted by molar-refractivity contribution is 0.341. The molecule has 0 bridgehead atoms. The van der Waals surface area contributed by atoms with Crippen LogP contribution < -0.4 is 10.1 Å². The van der Waals surface area contributed by atoms with E-state index in [1.54, 1.807) is 11.3 Å². The molecule has 0 unspecified atom stereocenters. The second kappa shape index (κ2) is 6.23. The lowest BCUT2D eigenvalue weighted by Crippen LogP contribution is -1.96. The minimum atomic E-state index is 0.663. The van der Waals surface area contributed by atoms with Crippen LogP contribution in [0.1, 0.15) is 12.6 Å². The monoisotopic (exact) mass is 313 g/mol. The number of hydrogen-bond acceptors (Lipinski definition) is 4. The van der Waals surface area contributed by atoms with Gasteiger partial charge in [0.25, 0.3) is 0 Å². The second-order valence-electron chi connectivity index (χ2n) is 4.97. The Hall–Kier alpha value is -2.27. The van der Waals surface area contributed by atoms with Crippen LogP contribution in [0.15, 0.2) is 36.2 Å². The van der Waals surface area contributed by atoms with Crippen molar-refractivity contribution in [3.05, 3.63) is 41.9 Å². The van der Waals surface area contributed by atoms with Gasteiger partial charge >= 0.3 is 0 Å². The molecule has 0 aliphatic heterocycles. The number of H-pyrrole nitrogens is 1. The van der Waals surface area contributed by atoms with Gasteiger partial charge in [-0.15, -0.1) is 17.9 Å². The zero-order chi connectivity index (χ0) is 15.5. The molecule has 3 aromatic rings. The first-order chi connectivity index (χ1) is 10.7. The van der Waals surface area contributed by atoms with Gasteiger partial charge in [0.15, 0.2) is 5.13 Å². The number of nitrogens with zero attached hydrogens (tertiary/aromatic N) is 1. The van der Waals surface area contributed by atoms with Crippen molar-refractivity contribution in [2.75, 3.05) is 18.5 Å². The summed E-state index contributed by atoms with van der Waals surface area (Å²) in [6.45, 7) is 9.16. The van der Waals surface area contributed by atoms with Crippen molar-refractivity contribution in [1.82, 2.24) is 9.97 Å². The number of thiazole rings is 1. The Kier molecular flexibility index (Phi) is 4.15. The van der Waals surface area contributed by atoms with Gasteiger partial charge in [-0.1, -0.05) is 6.08 Å². The van der Waals surface area contributed by atoms with E-state index in [-0.39, 0.29) is 0 Å². The molecule has 0 aliphatic rings. The standard InChI is InChI=1S/C17H19N3OS/c1-4-8-18-17-20-15(10-22-17)16-11(3)19-14-7-6-12(21-5-2)9-13(14)16/h4,6-7,9-10,19H,1,5,8H2,2-3H3,(H,18,20). The molecule has 0 amide bonds. The number of aromatic amines is 1. The number of anilines is 1. The number of hydrogen-bond donors (Lipinski definition) is 2. The van der Waals surface area contributed by atoms with Gasteiger partial charge in [-0.3, -0.25) is 0 Å². The fourth-order valence-electron chi connectivity index (χ4n) is 2.52. The summed E-state index contributed by atoms with van der Waals surface area (Å²) in [5, 5.41) is 7.36. The molecule has 22 heavy (non-hydrogen) atoms. The minimum Gasteiger partial charge on any atom is -0.494 e. The first-order valence-corrected chi connectivity index (χ1v) is 8.16.